The molecular weight excluding hydrogens is 398 g/mol. The number of carbonyl (C=O) groups is 2. The summed E-state index contributed by atoms with van der Waals surface area (Å²) in [5, 5.41) is 2.22. The molecule has 0 aliphatic heterocycles. The molecule has 11 heteroatoms. The zero-order valence-corrected chi connectivity index (χ0v) is 15.4. The van der Waals surface area contributed by atoms with Crippen molar-refractivity contribution in [3.63, 3.8) is 0 Å². The molecule has 0 radical (unpaired) electrons. The van der Waals surface area contributed by atoms with E-state index in [-0.39, 0.29) is 10.5 Å². The molecule has 1 amide bonds. The Labute approximate surface area is 154 Å². The van der Waals surface area contributed by atoms with Gasteiger partial charge < -0.3 is 15.8 Å². The van der Waals surface area contributed by atoms with Gasteiger partial charge in [0.15, 0.2) is 14.7 Å². The van der Waals surface area contributed by atoms with Crippen LogP contribution in [0.25, 0.3) is 0 Å². The molecule has 1 aromatic rings. The highest BCUT2D eigenvalue weighted by Gasteiger charge is 2.30. The van der Waals surface area contributed by atoms with Crippen LogP contribution >= 0.6 is 23.2 Å². The van der Waals surface area contributed by atoms with E-state index in [0.29, 0.717) is 0 Å². The van der Waals surface area contributed by atoms with E-state index in [4.69, 9.17) is 33.7 Å². The van der Waals surface area contributed by atoms with Crippen LogP contribution in [0.5, 0.6) is 0 Å². The van der Waals surface area contributed by atoms with Crippen molar-refractivity contribution in [3.05, 3.63) is 29.8 Å². The largest absolute Gasteiger partial charge is 0.454 e. The number of nitrogens with one attached hydrogen (secondary N) is 1. The van der Waals surface area contributed by atoms with Crippen molar-refractivity contribution >= 4 is 44.9 Å². The number of rotatable bonds is 8. The normalized spacial score (nSPS) is 14.0. The summed E-state index contributed by atoms with van der Waals surface area (Å²) < 4.78 is 41.5. The van der Waals surface area contributed by atoms with Crippen molar-refractivity contribution in [2.24, 2.45) is 5.73 Å². The first-order valence-corrected chi connectivity index (χ1v) is 9.70. The Morgan fingerprint density at radius 1 is 1.28 bits per heavy atom. The van der Waals surface area contributed by atoms with E-state index >= 15 is 0 Å². The maximum absolute atomic E-state index is 13.4. The van der Waals surface area contributed by atoms with Crippen LogP contribution in [0.2, 0.25) is 0 Å². The number of hydrogen-bond acceptors (Lipinski definition) is 6. The average molecular weight is 415 g/mol. The van der Waals surface area contributed by atoms with E-state index in [1.807, 2.05) is 0 Å². The minimum Gasteiger partial charge on any atom is -0.454 e. The maximum Gasteiger partial charge on any atom is 0.320 e. The predicted octanol–water partition coefficient (Wildman–Crippen LogP) is 0.891. The summed E-state index contributed by atoms with van der Waals surface area (Å²) in [7, 11) is -3.44. The van der Waals surface area contributed by atoms with Gasteiger partial charge >= 0.3 is 5.97 Å². The lowest BCUT2D eigenvalue weighted by Gasteiger charge is -2.26. The summed E-state index contributed by atoms with van der Waals surface area (Å²) in [6.07, 6.45) is -0.217. The van der Waals surface area contributed by atoms with E-state index < -0.39 is 51.9 Å². The van der Waals surface area contributed by atoms with Crippen LogP contribution < -0.4 is 11.1 Å². The van der Waals surface area contributed by atoms with E-state index in [0.717, 1.165) is 6.26 Å². The number of ether oxygens (including phenoxy) is 1. The van der Waals surface area contributed by atoms with Gasteiger partial charge in [-0.25, -0.2) is 12.8 Å². The first kappa shape index (κ1) is 21.6. The lowest BCUT2D eigenvalue weighted by molar-refractivity contribution is -0.150. The second-order valence-corrected chi connectivity index (χ2v) is 8.14. The lowest BCUT2D eigenvalue weighted by Crippen LogP contribution is -2.44. The van der Waals surface area contributed by atoms with Crippen molar-refractivity contribution in [2.45, 2.75) is 21.9 Å². The molecule has 0 aliphatic rings. The zero-order valence-electron chi connectivity index (χ0n) is 13.1. The smallest absolute Gasteiger partial charge is 0.320 e. The number of benzene rings is 1. The SMILES string of the molecule is CS(=O)(=O)c1ccc(C(OC(=O)CN)C(CF)NC(=O)C(Cl)Cl)cc1. The van der Waals surface area contributed by atoms with Crippen molar-refractivity contribution in [1.29, 1.82) is 0 Å². The fourth-order valence-electron chi connectivity index (χ4n) is 1.92. The number of esters is 1. The lowest BCUT2D eigenvalue weighted by atomic mass is 10.0. The molecule has 0 saturated carbocycles. The summed E-state index contributed by atoms with van der Waals surface area (Å²) in [6.45, 7) is -1.55. The van der Waals surface area contributed by atoms with Crippen LogP contribution in [0.3, 0.4) is 0 Å². The van der Waals surface area contributed by atoms with Gasteiger partial charge in [-0.2, -0.15) is 0 Å². The molecule has 7 nitrogen and oxygen atoms in total. The van der Waals surface area contributed by atoms with Gasteiger partial charge in [-0.05, 0) is 17.7 Å². The number of alkyl halides is 3. The Morgan fingerprint density at radius 3 is 2.24 bits per heavy atom. The van der Waals surface area contributed by atoms with Crippen molar-refractivity contribution in [2.75, 3.05) is 19.5 Å². The molecule has 1 aromatic carbocycles. The molecule has 0 heterocycles. The molecule has 1 rings (SSSR count). The number of nitrogens with two attached hydrogens (primary N) is 1. The van der Waals surface area contributed by atoms with E-state index in [1.54, 1.807) is 0 Å². The fourth-order valence-corrected chi connectivity index (χ4v) is 2.67. The number of halogens is 3. The molecule has 25 heavy (non-hydrogen) atoms. The summed E-state index contributed by atoms with van der Waals surface area (Å²) in [5.74, 6) is -1.70. The van der Waals surface area contributed by atoms with Gasteiger partial charge in [-0.15, -0.1) is 0 Å². The summed E-state index contributed by atoms with van der Waals surface area (Å²) in [4.78, 5) is 21.7. The molecule has 140 valence electrons. The quantitative estimate of drug-likeness (QED) is 0.481. The van der Waals surface area contributed by atoms with Gasteiger partial charge in [0.2, 0.25) is 0 Å². The Balaban J connectivity index is 3.18. The summed E-state index contributed by atoms with van der Waals surface area (Å²) in [5.41, 5.74) is 5.46. The van der Waals surface area contributed by atoms with Crippen LogP contribution in [-0.4, -0.2) is 50.6 Å². The minimum atomic E-state index is -3.44. The van der Waals surface area contributed by atoms with Crippen molar-refractivity contribution in [3.8, 4) is 0 Å². The Morgan fingerprint density at radius 2 is 1.84 bits per heavy atom. The Kier molecular flexibility index (Phi) is 8.07. The van der Waals surface area contributed by atoms with E-state index in [2.05, 4.69) is 5.32 Å². The van der Waals surface area contributed by atoms with Crippen molar-refractivity contribution < 1.29 is 27.1 Å². The molecule has 0 aliphatic carbocycles. The van der Waals surface area contributed by atoms with Crippen LogP contribution in [0, 0.1) is 0 Å². The molecule has 0 bridgehead atoms. The number of hydrogen-bond donors (Lipinski definition) is 2. The molecule has 0 saturated heterocycles. The third-order valence-electron chi connectivity index (χ3n) is 3.12. The highest BCUT2D eigenvalue weighted by Crippen LogP contribution is 2.24. The molecule has 0 spiro atoms. The van der Waals surface area contributed by atoms with Gasteiger partial charge in [0.1, 0.15) is 12.8 Å². The fraction of sp³-hybridized carbons (Fsp3) is 0.429. The van der Waals surface area contributed by atoms with Crippen molar-refractivity contribution in [1.82, 2.24) is 5.32 Å². The second-order valence-electron chi connectivity index (χ2n) is 5.03. The number of carbonyl (C=O) groups excluding carboxylic acids is 2. The average Bonchev–Trinajstić information content (AvgIpc) is 2.56. The Hall–Kier alpha value is -1.42. The van der Waals surface area contributed by atoms with Gasteiger partial charge in [0.05, 0.1) is 17.5 Å². The first-order valence-electron chi connectivity index (χ1n) is 6.94. The number of sulfone groups is 1. The van der Waals surface area contributed by atoms with Gasteiger partial charge in [-0.3, -0.25) is 9.59 Å². The van der Waals surface area contributed by atoms with E-state index in [1.165, 1.54) is 24.3 Å². The molecule has 0 fully saturated rings. The molecule has 3 N–H and O–H groups in total. The molecule has 2 unspecified atom stereocenters. The molecule has 0 aromatic heterocycles. The van der Waals surface area contributed by atoms with E-state index in [9.17, 15) is 22.4 Å². The topological polar surface area (TPSA) is 116 Å². The molecule has 2 atom stereocenters. The maximum atomic E-state index is 13.4. The summed E-state index contributed by atoms with van der Waals surface area (Å²) in [6, 6.07) is 3.96. The molecular formula is C14H17Cl2FN2O5S. The third kappa shape index (κ3) is 6.43. The number of amides is 1. The van der Waals surface area contributed by atoms with Gasteiger partial charge in [0, 0.05) is 6.26 Å². The highest BCUT2D eigenvalue weighted by molar-refractivity contribution is 7.90. The van der Waals surface area contributed by atoms with Crippen LogP contribution in [0.15, 0.2) is 29.2 Å². The predicted molar refractivity (Wildman–Crippen MR) is 90.8 cm³/mol. The first-order chi connectivity index (χ1) is 11.6. The third-order valence-corrected chi connectivity index (χ3v) is 4.64. The Bertz CT molecular complexity index is 712. The second kappa shape index (κ2) is 9.33. The minimum absolute atomic E-state index is 0.0302. The zero-order chi connectivity index (χ0) is 19.2. The highest BCUT2D eigenvalue weighted by atomic mass is 35.5. The van der Waals surface area contributed by atoms with Gasteiger partial charge in [0.25, 0.3) is 5.91 Å². The van der Waals surface area contributed by atoms with Crippen LogP contribution in [-0.2, 0) is 24.2 Å². The monoisotopic (exact) mass is 414 g/mol. The van der Waals surface area contributed by atoms with Crippen LogP contribution in [0.4, 0.5) is 4.39 Å². The van der Waals surface area contributed by atoms with Crippen LogP contribution in [0.1, 0.15) is 11.7 Å². The standard InChI is InChI=1S/C14H17Cl2FN2O5S/c1-25(22,23)9-4-2-8(3-5-9)12(24-11(20)7-18)10(6-17)19-14(21)13(15)16/h2-5,10,12-13H,6-7,18H2,1H3,(H,19,21). The summed E-state index contributed by atoms with van der Waals surface area (Å²) >= 11 is 10.8. The van der Waals surface area contributed by atoms with Gasteiger partial charge in [-0.1, -0.05) is 35.3 Å².